The summed E-state index contributed by atoms with van der Waals surface area (Å²) in [5.74, 6) is -6.50. The highest BCUT2D eigenvalue weighted by Gasteiger charge is 2.55. The van der Waals surface area contributed by atoms with E-state index in [1.165, 1.54) is 0 Å². The van der Waals surface area contributed by atoms with E-state index in [2.05, 4.69) is 22.0 Å². The van der Waals surface area contributed by atoms with Crippen molar-refractivity contribution < 1.29 is 49.5 Å². The zero-order valence-electron chi connectivity index (χ0n) is 27.5. The van der Waals surface area contributed by atoms with E-state index in [0.29, 0.717) is 43.7 Å². The molecule has 4 fully saturated rings. The molecule has 6 rings (SSSR count). The van der Waals surface area contributed by atoms with Crippen LogP contribution in [0.5, 0.6) is 5.75 Å². The highest BCUT2D eigenvalue weighted by molar-refractivity contribution is 7.92. The average Bonchev–Trinajstić information content (AvgIpc) is 3.36. The molecule has 2 aromatic carbocycles. The zero-order valence-corrected chi connectivity index (χ0v) is 28.3. The molecular formula is C35H38F5N3O6S. The number of amides is 3. The van der Waals surface area contributed by atoms with Crippen molar-refractivity contribution in [2.45, 2.75) is 68.3 Å². The minimum Gasteiger partial charge on any atom is -0.493 e. The van der Waals surface area contributed by atoms with Crippen molar-refractivity contribution in [1.29, 1.82) is 0 Å². The van der Waals surface area contributed by atoms with Gasteiger partial charge < -0.3 is 20.7 Å². The van der Waals surface area contributed by atoms with E-state index in [1.807, 2.05) is 0 Å². The Bertz CT molecular complexity index is 1850. The van der Waals surface area contributed by atoms with Gasteiger partial charge in [-0.3, -0.25) is 14.4 Å². The number of fused-ring (bicyclic) bond motifs is 2. The first-order chi connectivity index (χ1) is 23.5. The molecule has 4 saturated carbocycles. The predicted molar refractivity (Wildman–Crippen MR) is 173 cm³/mol. The Morgan fingerprint density at radius 2 is 1.64 bits per heavy atom. The number of rotatable bonds is 10. The standard InChI is InChI=1S/C35H38F5N3O6S/c1-49-30-24(14-19(15-27(30)37)31(44)41-17-34(11-12-34)50(2,47)48)32(45)43-29-22-9-8-21(23(22)13-18-5-3-4-6-18)28(29)33(46)42-20-7-10-26(36)25(16-20)35(38,39)40/h7,10,13-16,18,21-22,28-29H,3-6,8-9,11-12,17H2,1-2H3,(H,41,44)(H,42,46)(H,43,45)/b23-13-/t21-,22+,28-,29+/m0/s1. The number of benzene rings is 2. The normalized spacial score (nSPS) is 25.1. The number of hydrogen-bond acceptors (Lipinski definition) is 6. The largest absolute Gasteiger partial charge is 0.493 e. The lowest BCUT2D eigenvalue weighted by atomic mass is 9.83. The maximum absolute atomic E-state index is 15.3. The lowest BCUT2D eigenvalue weighted by Gasteiger charge is -2.30. The number of methoxy groups -OCH3 is 1. The van der Waals surface area contributed by atoms with E-state index in [1.54, 1.807) is 0 Å². The summed E-state index contributed by atoms with van der Waals surface area (Å²) < 4.78 is 97.9. The predicted octanol–water partition coefficient (Wildman–Crippen LogP) is 5.81. The third kappa shape index (κ3) is 6.84. The van der Waals surface area contributed by atoms with Crippen molar-refractivity contribution in [3.63, 3.8) is 0 Å². The van der Waals surface area contributed by atoms with Gasteiger partial charge in [-0.15, -0.1) is 0 Å². The zero-order chi connectivity index (χ0) is 36.2. The quantitative estimate of drug-likeness (QED) is 0.210. The smallest absolute Gasteiger partial charge is 0.419 e. The number of allylic oxidation sites excluding steroid dienone is 1. The molecule has 0 aliphatic heterocycles. The molecule has 0 unspecified atom stereocenters. The monoisotopic (exact) mass is 723 g/mol. The Balaban J connectivity index is 1.28. The average molecular weight is 724 g/mol. The van der Waals surface area contributed by atoms with Crippen LogP contribution in [-0.2, 0) is 20.8 Å². The molecule has 15 heteroatoms. The number of ether oxygens (including phenoxy) is 1. The highest BCUT2D eigenvalue weighted by atomic mass is 32.2. The Labute approximate surface area is 286 Å². The van der Waals surface area contributed by atoms with E-state index in [-0.39, 0.29) is 35.2 Å². The number of nitrogens with one attached hydrogen (secondary N) is 3. The molecule has 2 aromatic rings. The molecule has 4 aliphatic carbocycles. The number of halogens is 5. The van der Waals surface area contributed by atoms with Crippen molar-refractivity contribution in [3.05, 3.63) is 70.3 Å². The van der Waals surface area contributed by atoms with Gasteiger partial charge in [0.2, 0.25) is 5.91 Å². The maximum Gasteiger partial charge on any atom is 0.419 e. The first-order valence-electron chi connectivity index (χ1n) is 16.6. The molecule has 2 bridgehead atoms. The molecule has 0 heterocycles. The van der Waals surface area contributed by atoms with Gasteiger partial charge in [-0.1, -0.05) is 24.5 Å². The van der Waals surface area contributed by atoms with Gasteiger partial charge in [-0.05, 0) is 80.7 Å². The fourth-order valence-corrected chi connectivity index (χ4v) is 9.14. The van der Waals surface area contributed by atoms with Gasteiger partial charge in [0.1, 0.15) is 5.82 Å². The molecule has 0 radical (unpaired) electrons. The molecular weight excluding hydrogens is 685 g/mol. The summed E-state index contributed by atoms with van der Waals surface area (Å²) in [6.07, 6.45) is 4.30. The number of carbonyl (C=O) groups is 3. The van der Waals surface area contributed by atoms with Crippen LogP contribution in [0.3, 0.4) is 0 Å². The Morgan fingerprint density at radius 1 is 0.960 bits per heavy atom. The lowest BCUT2D eigenvalue weighted by Crippen LogP contribution is -2.48. The van der Waals surface area contributed by atoms with Crippen LogP contribution in [0, 0.1) is 35.3 Å². The molecule has 9 nitrogen and oxygen atoms in total. The molecule has 50 heavy (non-hydrogen) atoms. The van der Waals surface area contributed by atoms with Gasteiger partial charge in [0.25, 0.3) is 11.8 Å². The van der Waals surface area contributed by atoms with Gasteiger partial charge in [-0.25, -0.2) is 17.2 Å². The fourth-order valence-electron chi connectivity index (χ4n) is 7.96. The highest BCUT2D eigenvalue weighted by Crippen LogP contribution is 2.54. The Hall–Kier alpha value is -4.01. The fraction of sp³-hybridized carbons (Fsp3) is 0.514. The second-order valence-electron chi connectivity index (χ2n) is 13.9. The summed E-state index contributed by atoms with van der Waals surface area (Å²) in [7, 11) is -2.31. The minimum absolute atomic E-state index is 0.184. The number of carbonyl (C=O) groups excluding carboxylic acids is 3. The number of sulfone groups is 1. The maximum atomic E-state index is 15.3. The van der Waals surface area contributed by atoms with Gasteiger partial charge in [0, 0.05) is 36.0 Å². The van der Waals surface area contributed by atoms with Crippen LogP contribution in [0.25, 0.3) is 0 Å². The van der Waals surface area contributed by atoms with E-state index in [4.69, 9.17) is 4.74 Å². The number of alkyl halides is 3. The third-order valence-electron chi connectivity index (χ3n) is 10.8. The third-order valence-corrected chi connectivity index (χ3v) is 12.9. The first kappa shape index (κ1) is 35.8. The van der Waals surface area contributed by atoms with E-state index in [0.717, 1.165) is 62.8 Å². The molecule has 3 N–H and O–H groups in total. The van der Waals surface area contributed by atoms with Crippen LogP contribution in [0.4, 0.5) is 27.6 Å². The molecule has 0 spiro atoms. The van der Waals surface area contributed by atoms with Gasteiger partial charge in [-0.2, -0.15) is 13.2 Å². The van der Waals surface area contributed by atoms with E-state index >= 15 is 4.39 Å². The van der Waals surface area contributed by atoms with Crippen LogP contribution >= 0.6 is 0 Å². The first-order valence-corrected chi connectivity index (χ1v) is 18.5. The molecule has 0 saturated heterocycles. The molecule has 0 aromatic heterocycles. The Kier molecular flexibility index (Phi) is 9.50. The molecule has 3 amide bonds. The van der Waals surface area contributed by atoms with Crippen molar-refractivity contribution in [3.8, 4) is 5.75 Å². The van der Waals surface area contributed by atoms with Crippen LogP contribution in [0.15, 0.2) is 42.0 Å². The van der Waals surface area contributed by atoms with Gasteiger partial charge in [0.05, 0.1) is 28.9 Å². The molecule has 4 aliphatic rings. The van der Waals surface area contributed by atoms with Crippen molar-refractivity contribution >= 4 is 33.2 Å². The van der Waals surface area contributed by atoms with Gasteiger partial charge in [0.15, 0.2) is 21.4 Å². The SMILES string of the molecule is COc1c(F)cc(C(=O)NCC2(S(C)(=O)=O)CC2)cc1C(=O)N[C@H]1[C@@H](C(=O)Nc2ccc(F)c(C(F)(F)F)c2)[C@H]2CC[C@@H]1/C2=C\C1CCCC1. The minimum atomic E-state index is -4.99. The number of anilines is 1. The molecule has 4 atom stereocenters. The lowest BCUT2D eigenvalue weighted by molar-refractivity contribution is -0.140. The van der Waals surface area contributed by atoms with Crippen LogP contribution < -0.4 is 20.7 Å². The summed E-state index contributed by atoms with van der Waals surface area (Å²) in [5, 5.41) is 7.88. The second kappa shape index (κ2) is 13.3. The topological polar surface area (TPSA) is 131 Å². The van der Waals surface area contributed by atoms with Crippen molar-refractivity contribution in [2.75, 3.05) is 25.2 Å². The molecule has 270 valence electrons. The van der Waals surface area contributed by atoms with Crippen LogP contribution in [0.2, 0.25) is 0 Å². The van der Waals surface area contributed by atoms with Gasteiger partial charge >= 0.3 is 6.18 Å². The van der Waals surface area contributed by atoms with Crippen LogP contribution in [0.1, 0.15) is 77.6 Å². The van der Waals surface area contributed by atoms with Crippen molar-refractivity contribution in [1.82, 2.24) is 10.6 Å². The summed E-state index contributed by atoms with van der Waals surface area (Å²) in [6, 6.07) is 3.34. The summed E-state index contributed by atoms with van der Waals surface area (Å²) in [6.45, 7) is -0.184. The summed E-state index contributed by atoms with van der Waals surface area (Å²) >= 11 is 0. The summed E-state index contributed by atoms with van der Waals surface area (Å²) in [5.41, 5.74) is -1.39. The summed E-state index contributed by atoms with van der Waals surface area (Å²) in [4.78, 5) is 40.8. The number of hydrogen-bond donors (Lipinski definition) is 3. The Morgan fingerprint density at radius 3 is 2.26 bits per heavy atom. The second-order valence-corrected chi connectivity index (χ2v) is 16.3. The van der Waals surface area contributed by atoms with E-state index < -0.39 is 73.4 Å². The van der Waals surface area contributed by atoms with E-state index in [9.17, 15) is 40.4 Å². The van der Waals surface area contributed by atoms with Crippen LogP contribution in [-0.4, -0.2) is 56.8 Å². The van der Waals surface area contributed by atoms with Crippen molar-refractivity contribution in [2.24, 2.45) is 23.7 Å².